The molecule has 1 saturated heterocycles. The maximum absolute atomic E-state index is 12.6. The van der Waals surface area contributed by atoms with E-state index in [-0.39, 0.29) is 23.5 Å². The number of nitrogen functional groups attached to an aromatic ring is 1. The number of anilines is 2. The van der Waals surface area contributed by atoms with Crippen LogP contribution in [0.4, 0.5) is 16.3 Å². The van der Waals surface area contributed by atoms with Crippen LogP contribution in [0.5, 0.6) is 11.6 Å². The van der Waals surface area contributed by atoms with E-state index in [4.69, 9.17) is 15.2 Å². The molecule has 2 amide bonds. The third-order valence-corrected chi connectivity index (χ3v) is 5.80. The highest BCUT2D eigenvalue weighted by molar-refractivity contribution is 6.05. The summed E-state index contributed by atoms with van der Waals surface area (Å²) in [7, 11) is 0. The second-order valence-electron chi connectivity index (χ2n) is 9.94. The topological polar surface area (TPSA) is 136 Å². The third-order valence-electron chi connectivity index (χ3n) is 5.80. The average Bonchev–Trinajstić information content (AvgIpc) is 2.89. The molecule has 1 fully saturated rings. The fourth-order valence-electron chi connectivity index (χ4n) is 3.84. The molecule has 200 valence electrons. The van der Waals surface area contributed by atoms with Gasteiger partial charge in [0.25, 0.3) is 5.91 Å². The monoisotopic (exact) mass is 519 g/mol. The van der Waals surface area contributed by atoms with Crippen molar-refractivity contribution >= 4 is 23.5 Å². The molecule has 11 nitrogen and oxygen atoms in total. The predicted molar refractivity (Wildman–Crippen MR) is 143 cm³/mol. The second-order valence-corrected chi connectivity index (χ2v) is 9.94. The molecule has 38 heavy (non-hydrogen) atoms. The molecule has 11 heteroatoms. The number of rotatable bonds is 7. The van der Waals surface area contributed by atoms with Gasteiger partial charge in [-0.3, -0.25) is 14.7 Å². The number of nitrogens with one attached hydrogen (secondary N) is 1. The molecule has 3 heterocycles. The maximum atomic E-state index is 12.6. The Morgan fingerprint density at radius 2 is 1.79 bits per heavy atom. The van der Waals surface area contributed by atoms with Gasteiger partial charge in [0.1, 0.15) is 11.4 Å². The number of benzene rings is 1. The first-order valence-electron chi connectivity index (χ1n) is 12.5. The van der Waals surface area contributed by atoms with Crippen molar-refractivity contribution in [2.24, 2.45) is 0 Å². The zero-order chi connectivity index (χ0) is 27.1. The molecule has 1 aliphatic heterocycles. The van der Waals surface area contributed by atoms with Crippen molar-refractivity contribution in [2.75, 3.05) is 43.8 Å². The Balaban J connectivity index is 1.27. The molecule has 0 radical (unpaired) electrons. The molecule has 0 saturated carbocycles. The number of ether oxygens (including phenoxy) is 2. The SMILES string of the molecule is CC(C)(C)OC(=O)N1CCN(CCc2ccc(Oc3cnc(N)c(C(=O)Nc4cccnc4)n3)cc2)CC1. The van der Waals surface area contributed by atoms with E-state index in [9.17, 15) is 9.59 Å². The predicted octanol–water partition coefficient (Wildman–Crippen LogP) is 3.59. The minimum Gasteiger partial charge on any atom is -0.444 e. The normalized spacial score (nSPS) is 14.1. The van der Waals surface area contributed by atoms with E-state index in [0.29, 0.717) is 24.5 Å². The van der Waals surface area contributed by atoms with Crippen molar-refractivity contribution in [1.82, 2.24) is 24.8 Å². The lowest BCUT2D eigenvalue weighted by atomic mass is 10.1. The Hall–Kier alpha value is -4.25. The fourth-order valence-corrected chi connectivity index (χ4v) is 3.84. The summed E-state index contributed by atoms with van der Waals surface area (Å²) in [6, 6.07) is 11.1. The summed E-state index contributed by atoms with van der Waals surface area (Å²) >= 11 is 0. The lowest BCUT2D eigenvalue weighted by Crippen LogP contribution is -2.50. The van der Waals surface area contributed by atoms with Crippen LogP contribution in [0.2, 0.25) is 0 Å². The van der Waals surface area contributed by atoms with E-state index in [2.05, 4.69) is 25.2 Å². The van der Waals surface area contributed by atoms with Crippen LogP contribution in [0.1, 0.15) is 36.8 Å². The average molecular weight is 520 g/mol. The largest absolute Gasteiger partial charge is 0.444 e. The molecule has 1 aromatic carbocycles. The summed E-state index contributed by atoms with van der Waals surface area (Å²) in [6.07, 6.45) is 5.12. The number of nitrogens with zero attached hydrogens (tertiary/aromatic N) is 5. The zero-order valence-corrected chi connectivity index (χ0v) is 21.9. The standard InChI is InChI=1S/C27H33N7O4/c1-27(2,3)38-26(36)34-15-13-33(14-16-34)12-10-19-6-8-21(9-7-19)37-22-18-30-24(28)23(32-22)25(35)31-20-5-4-11-29-17-20/h4-9,11,17-18H,10,12-16H2,1-3H3,(H2,28,30)(H,31,35). The van der Waals surface area contributed by atoms with Crippen LogP contribution in [0, 0.1) is 0 Å². The molecule has 0 bridgehead atoms. The molecule has 0 aliphatic carbocycles. The van der Waals surface area contributed by atoms with Crippen molar-refractivity contribution in [1.29, 1.82) is 0 Å². The second kappa shape index (κ2) is 11.9. The molecule has 3 aromatic rings. The highest BCUT2D eigenvalue weighted by atomic mass is 16.6. The Kier molecular flexibility index (Phi) is 8.37. The summed E-state index contributed by atoms with van der Waals surface area (Å²) in [5.41, 5.74) is 7.02. The Labute approximate surface area is 222 Å². The summed E-state index contributed by atoms with van der Waals surface area (Å²) in [6.45, 7) is 9.46. The highest BCUT2D eigenvalue weighted by Gasteiger charge is 2.25. The first-order valence-corrected chi connectivity index (χ1v) is 12.5. The van der Waals surface area contributed by atoms with Crippen LogP contribution in [0.25, 0.3) is 0 Å². The van der Waals surface area contributed by atoms with Crippen LogP contribution in [-0.2, 0) is 11.2 Å². The number of carbonyl (C=O) groups excluding carboxylic acids is 2. The number of amides is 2. The Morgan fingerprint density at radius 3 is 2.45 bits per heavy atom. The van der Waals surface area contributed by atoms with E-state index >= 15 is 0 Å². The van der Waals surface area contributed by atoms with Crippen LogP contribution >= 0.6 is 0 Å². The van der Waals surface area contributed by atoms with Crippen molar-refractivity contribution in [3.05, 3.63) is 66.2 Å². The van der Waals surface area contributed by atoms with Crippen molar-refractivity contribution in [3.8, 4) is 11.6 Å². The molecule has 0 unspecified atom stereocenters. The first kappa shape index (κ1) is 26.8. The number of aromatic nitrogens is 3. The van der Waals surface area contributed by atoms with E-state index in [1.165, 1.54) is 12.4 Å². The molecule has 3 N–H and O–H groups in total. The lowest BCUT2D eigenvalue weighted by Gasteiger charge is -2.35. The Bertz CT molecular complexity index is 1240. The molecular formula is C27H33N7O4. The summed E-state index contributed by atoms with van der Waals surface area (Å²) in [5.74, 6) is 0.223. The van der Waals surface area contributed by atoms with Gasteiger partial charge in [0.15, 0.2) is 11.5 Å². The minimum atomic E-state index is -0.504. The highest BCUT2D eigenvalue weighted by Crippen LogP contribution is 2.22. The van der Waals surface area contributed by atoms with E-state index in [0.717, 1.165) is 31.6 Å². The van der Waals surface area contributed by atoms with Crippen LogP contribution in [0.3, 0.4) is 0 Å². The van der Waals surface area contributed by atoms with Gasteiger partial charge >= 0.3 is 6.09 Å². The fraction of sp³-hybridized carbons (Fsp3) is 0.370. The molecular weight excluding hydrogens is 486 g/mol. The number of nitrogens with two attached hydrogens (primary N) is 1. The number of hydrogen-bond acceptors (Lipinski definition) is 9. The number of hydrogen-bond donors (Lipinski definition) is 2. The Morgan fingerprint density at radius 1 is 1.05 bits per heavy atom. The van der Waals surface area contributed by atoms with Gasteiger partial charge in [-0.1, -0.05) is 12.1 Å². The zero-order valence-electron chi connectivity index (χ0n) is 21.9. The van der Waals surface area contributed by atoms with Gasteiger partial charge in [-0.15, -0.1) is 0 Å². The molecule has 4 rings (SSSR count). The van der Waals surface area contributed by atoms with Gasteiger partial charge in [0, 0.05) is 38.9 Å². The van der Waals surface area contributed by atoms with Gasteiger partial charge < -0.3 is 25.4 Å². The molecule has 1 aliphatic rings. The number of pyridine rings is 1. The van der Waals surface area contributed by atoms with Crippen LogP contribution in [-0.4, -0.2) is 75.1 Å². The number of carbonyl (C=O) groups is 2. The van der Waals surface area contributed by atoms with Crippen molar-refractivity contribution in [3.63, 3.8) is 0 Å². The van der Waals surface area contributed by atoms with Gasteiger partial charge in [0.05, 0.1) is 18.1 Å². The van der Waals surface area contributed by atoms with E-state index < -0.39 is 11.5 Å². The molecule has 0 atom stereocenters. The van der Waals surface area contributed by atoms with Crippen molar-refractivity contribution < 1.29 is 19.1 Å². The minimum absolute atomic E-state index is 0.000941. The van der Waals surface area contributed by atoms with Crippen molar-refractivity contribution in [2.45, 2.75) is 32.8 Å². The first-order chi connectivity index (χ1) is 18.2. The van der Waals surface area contributed by atoms with E-state index in [1.54, 1.807) is 23.2 Å². The van der Waals surface area contributed by atoms with Crippen LogP contribution in [0.15, 0.2) is 55.0 Å². The summed E-state index contributed by atoms with van der Waals surface area (Å²) in [4.78, 5) is 41.2. The van der Waals surface area contributed by atoms with Gasteiger partial charge in [-0.25, -0.2) is 14.8 Å². The summed E-state index contributed by atoms with van der Waals surface area (Å²) < 4.78 is 11.3. The third kappa shape index (κ3) is 7.62. The molecule has 0 spiro atoms. The van der Waals surface area contributed by atoms with Crippen LogP contribution < -0.4 is 15.8 Å². The van der Waals surface area contributed by atoms with Gasteiger partial charge in [-0.05, 0) is 57.0 Å². The summed E-state index contributed by atoms with van der Waals surface area (Å²) in [5, 5.41) is 2.69. The van der Waals surface area contributed by atoms with Gasteiger partial charge in [0.2, 0.25) is 5.88 Å². The lowest BCUT2D eigenvalue weighted by molar-refractivity contribution is 0.0146. The maximum Gasteiger partial charge on any atom is 0.410 e. The smallest absolute Gasteiger partial charge is 0.410 e. The molecule has 2 aromatic heterocycles. The van der Waals surface area contributed by atoms with Gasteiger partial charge in [-0.2, -0.15) is 0 Å². The quantitative estimate of drug-likeness (QED) is 0.480. The number of piperazine rings is 1. The van der Waals surface area contributed by atoms with E-state index in [1.807, 2.05) is 45.0 Å².